The van der Waals surface area contributed by atoms with Crippen molar-refractivity contribution in [2.45, 2.75) is 52.4 Å². The van der Waals surface area contributed by atoms with Gasteiger partial charge in [0, 0.05) is 0 Å². The van der Waals surface area contributed by atoms with Crippen molar-refractivity contribution in [3.63, 3.8) is 0 Å². The smallest absolute Gasteiger partial charge is 0.0194 e. The normalized spacial score (nSPS) is 74.3. The molecule has 0 aromatic heterocycles. The Morgan fingerprint density at radius 3 is 1.41 bits per heavy atom. The molecule has 9 aliphatic carbocycles. The second-order valence-corrected chi connectivity index (χ2v) is 14.0. The van der Waals surface area contributed by atoms with Gasteiger partial charge in [0.2, 0.25) is 0 Å². The summed E-state index contributed by atoms with van der Waals surface area (Å²) in [5.41, 5.74) is 0.667. The highest BCUT2D eigenvalue weighted by Crippen LogP contribution is 2.82. The number of allylic oxidation sites excluding steroid dienone is 2. The molecule has 8 fully saturated rings. The molecule has 0 amide bonds. The minimum absolute atomic E-state index is 0.667. The first-order valence-corrected chi connectivity index (χ1v) is 12.8. The summed E-state index contributed by atoms with van der Waals surface area (Å²) in [5, 5.41) is 0. The molecule has 0 aromatic rings. The summed E-state index contributed by atoms with van der Waals surface area (Å²) < 4.78 is 0. The van der Waals surface area contributed by atoms with E-state index in [-0.39, 0.29) is 0 Å². The van der Waals surface area contributed by atoms with E-state index in [1.165, 1.54) is 59.2 Å². The number of hydrogen-bond acceptors (Lipinski definition) is 0. The van der Waals surface area contributed by atoms with Crippen LogP contribution in [0.5, 0.6) is 0 Å². The molecule has 8 saturated carbocycles. The lowest BCUT2D eigenvalue weighted by molar-refractivity contribution is -0.0378. The van der Waals surface area contributed by atoms with Gasteiger partial charge >= 0.3 is 0 Å². The third-order valence-corrected chi connectivity index (χ3v) is 13.3. The van der Waals surface area contributed by atoms with Crippen LogP contribution in [0.1, 0.15) is 52.4 Å². The van der Waals surface area contributed by atoms with Gasteiger partial charge in [0.1, 0.15) is 0 Å². The molecule has 0 aliphatic heterocycles. The third kappa shape index (κ3) is 1.37. The Balaban J connectivity index is 1.12. The summed E-state index contributed by atoms with van der Waals surface area (Å²) in [6, 6.07) is 0. The number of hydrogen-bond donors (Lipinski definition) is 0. The lowest BCUT2D eigenvalue weighted by atomic mass is 9.53. The average Bonchev–Trinajstić information content (AvgIpc) is 3.43. The van der Waals surface area contributed by atoms with Crippen molar-refractivity contribution in [1.82, 2.24) is 0 Å². The van der Waals surface area contributed by atoms with Crippen molar-refractivity contribution in [1.29, 1.82) is 0 Å². The van der Waals surface area contributed by atoms with Gasteiger partial charge < -0.3 is 0 Å². The molecule has 8 bridgehead atoms. The van der Waals surface area contributed by atoms with E-state index in [1.807, 2.05) is 0 Å². The van der Waals surface area contributed by atoms with Gasteiger partial charge in [-0.2, -0.15) is 0 Å². The van der Waals surface area contributed by atoms with Gasteiger partial charge in [-0.3, -0.25) is 0 Å². The minimum atomic E-state index is 0.667. The molecule has 0 saturated heterocycles. The van der Waals surface area contributed by atoms with Crippen molar-refractivity contribution in [3.8, 4) is 0 Å². The summed E-state index contributed by atoms with van der Waals surface area (Å²) >= 11 is 0. The van der Waals surface area contributed by atoms with E-state index in [1.54, 1.807) is 38.5 Å². The van der Waals surface area contributed by atoms with Crippen molar-refractivity contribution < 1.29 is 0 Å². The highest BCUT2D eigenvalue weighted by atomic mass is 14.8. The first kappa shape index (κ1) is 14.7. The van der Waals surface area contributed by atoms with Crippen molar-refractivity contribution in [3.05, 3.63) is 12.2 Å². The van der Waals surface area contributed by atoms with Crippen LogP contribution in [0.25, 0.3) is 0 Å². The van der Waals surface area contributed by atoms with E-state index in [2.05, 4.69) is 26.0 Å². The van der Waals surface area contributed by atoms with E-state index >= 15 is 0 Å². The Morgan fingerprint density at radius 2 is 0.889 bits per heavy atom. The molecule has 0 spiro atoms. The van der Waals surface area contributed by atoms with Crippen LogP contribution in [-0.4, -0.2) is 0 Å². The average molecular weight is 361 g/mol. The fourth-order valence-corrected chi connectivity index (χ4v) is 13.7. The van der Waals surface area contributed by atoms with E-state index in [4.69, 9.17) is 0 Å². The Kier molecular flexibility index (Phi) is 2.25. The largest absolute Gasteiger partial charge is 0.0848 e. The third-order valence-electron chi connectivity index (χ3n) is 13.3. The molecule has 0 N–H and O–H groups in total. The molecule has 0 heterocycles. The fourth-order valence-electron chi connectivity index (χ4n) is 13.7. The second kappa shape index (κ2) is 4.13. The lowest BCUT2D eigenvalue weighted by Crippen LogP contribution is -2.47. The Labute approximate surface area is 164 Å². The van der Waals surface area contributed by atoms with Crippen LogP contribution in [0.4, 0.5) is 0 Å². The lowest BCUT2D eigenvalue weighted by Gasteiger charge is -2.51. The zero-order valence-corrected chi connectivity index (χ0v) is 17.1. The molecule has 9 aliphatic rings. The molecule has 0 aromatic carbocycles. The molecular formula is C27H36. The van der Waals surface area contributed by atoms with Gasteiger partial charge in [0.15, 0.2) is 0 Å². The number of fused-ring (bicyclic) bond motifs is 26. The summed E-state index contributed by atoms with van der Waals surface area (Å²) in [6.45, 7) is 5.18. The predicted molar refractivity (Wildman–Crippen MR) is 106 cm³/mol. The fraction of sp³-hybridized carbons (Fsp3) is 0.926. The van der Waals surface area contributed by atoms with E-state index in [0.717, 1.165) is 35.5 Å². The summed E-state index contributed by atoms with van der Waals surface area (Å²) in [7, 11) is 0. The molecule has 16 atom stereocenters. The molecule has 144 valence electrons. The highest BCUT2D eigenvalue weighted by Gasteiger charge is 2.77. The quantitative estimate of drug-likeness (QED) is 0.373. The van der Waals surface area contributed by atoms with E-state index in [9.17, 15) is 0 Å². The zero-order valence-electron chi connectivity index (χ0n) is 17.1. The molecule has 27 heavy (non-hydrogen) atoms. The standard InChI is InChI=1S/C27H36/c1-27(2)9-19-13-6-14(20(19)10-27)24-18-8-17(23(13)24)25-15-7-16(26(18)25)22-12-4-3-11(5-12)21(15)22/h3-4,11-26H,5-10H2,1-2H3. The van der Waals surface area contributed by atoms with Crippen LogP contribution in [0.15, 0.2) is 12.2 Å². The Morgan fingerprint density at radius 1 is 0.481 bits per heavy atom. The Hall–Kier alpha value is -0.260. The monoisotopic (exact) mass is 360 g/mol. The van der Waals surface area contributed by atoms with E-state index < -0.39 is 0 Å². The van der Waals surface area contributed by atoms with Crippen molar-refractivity contribution in [2.75, 3.05) is 0 Å². The minimum Gasteiger partial charge on any atom is -0.0848 e. The zero-order chi connectivity index (χ0) is 17.4. The van der Waals surface area contributed by atoms with Crippen LogP contribution in [0, 0.1) is 100 Å². The summed E-state index contributed by atoms with van der Waals surface area (Å²) in [4.78, 5) is 0. The van der Waals surface area contributed by atoms with Gasteiger partial charge in [-0.15, -0.1) is 0 Å². The first-order valence-electron chi connectivity index (χ1n) is 12.8. The molecule has 0 nitrogen and oxygen atoms in total. The molecule has 0 radical (unpaired) electrons. The molecule has 0 heteroatoms. The van der Waals surface area contributed by atoms with Gasteiger partial charge in [-0.05, 0) is 139 Å². The van der Waals surface area contributed by atoms with Crippen LogP contribution < -0.4 is 0 Å². The topological polar surface area (TPSA) is 0 Å². The predicted octanol–water partition coefficient (Wildman–Crippen LogP) is 5.89. The number of rotatable bonds is 0. The first-order chi connectivity index (χ1) is 13.1. The molecule has 9 rings (SSSR count). The maximum absolute atomic E-state index is 2.67. The van der Waals surface area contributed by atoms with Gasteiger partial charge in [-0.1, -0.05) is 26.0 Å². The van der Waals surface area contributed by atoms with Gasteiger partial charge in [0.25, 0.3) is 0 Å². The second-order valence-electron chi connectivity index (χ2n) is 14.0. The van der Waals surface area contributed by atoms with Gasteiger partial charge in [0.05, 0.1) is 0 Å². The SMILES string of the molecule is CC1(C)CC2C(C1)C1CC2C2C3CC(C12)C1C2CC(C4C5C=CC(C5)C24)C31. The van der Waals surface area contributed by atoms with Crippen LogP contribution in [0.2, 0.25) is 0 Å². The van der Waals surface area contributed by atoms with Gasteiger partial charge in [-0.25, -0.2) is 0 Å². The summed E-state index contributed by atoms with van der Waals surface area (Å²) in [5.74, 6) is 18.6. The van der Waals surface area contributed by atoms with Crippen LogP contribution in [-0.2, 0) is 0 Å². The highest BCUT2D eigenvalue weighted by molar-refractivity contribution is 5.28. The van der Waals surface area contributed by atoms with Crippen LogP contribution in [0.3, 0.4) is 0 Å². The van der Waals surface area contributed by atoms with Crippen LogP contribution >= 0.6 is 0 Å². The molecule has 16 unspecified atom stereocenters. The van der Waals surface area contributed by atoms with E-state index in [0.29, 0.717) is 5.41 Å². The van der Waals surface area contributed by atoms with Crippen molar-refractivity contribution in [2.24, 2.45) is 100 Å². The van der Waals surface area contributed by atoms with Crippen molar-refractivity contribution >= 4 is 0 Å². The Bertz CT molecular complexity index is 717. The maximum atomic E-state index is 2.67. The summed E-state index contributed by atoms with van der Waals surface area (Å²) in [6.07, 6.45) is 15.1. The maximum Gasteiger partial charge on any atom is -0.0194 e. The molecular weight excluding hydrogens is 324 g/mol.